The second kappa shape index (κ2) is 12.9. The van der Waals surface area contributed by atoms with Crippen LogP contribution < -0.4 is 0 Å². The highest BCUT2D eigenvalue weighted by molar-refractivity contribution is 7.85. The van der Waals surface area contributed by atoms with Gasteiger partial charge in [0.05, 0.1) is 5.56 Å². The topological polar surface area (TPSA) is 83.5 Å². The van der Waals surface area contributed by atoms with Crippen molar-refractivity contribution in [2.45, 2.75) is 120 Å². The molecule has 3 saturated carbocycles. The first-order valence-corrected chi connectivity index (χ1v) is 17.7. The Hall–Kier alpha value is -2.70. The number of esters is 1. The standard InChI is InChI=1S/C36H44O5S/c37-35(41-36(42(38,39)40)30-21-20-26-14-10-11-19-29(26)22-30)34-32(27-15-6-2-7-16-27)23-31(25-12-4-1-5-13-25)24-33(34)28-17-8-3-9-18-28/h10-11,14,19-25,27-28,36H,1-9,12-13,15-18H2,(H,38,39,40)/p-1. The third kappa shape index (κ3) is 6.45. The third-order valence-corrected chi connectivity index (χ3v) is 11.0. The van der Waals surface area contributed by atoms with Crippen LogP contribution in [-0.4, -0.2) is 18.9 Å². The number of hydrogen-bond acceptors (Lipinski definition) is 5. The van der Waals surface area contributed by atoms with Crippen molar-refractivity contribution in [1.29, 1.82) is 0 Å². The number of carbonyl (C=O) groups excluding carboxylic acids is 1. The zero-order chi connectivity index (χ0) is 29.1. The summed E-state index contributed by atoms with van der Waals surface area (Å²) >= 11 is 0. The molecule has 6 rings (SSSR count). The molecule has 5 nitrogen and oxygen atoms in total. The maximum atomic E-state index is 14.3. The van der Waals surface area contributed by atoms with Crippen LogP contribution in [0.5, 0.6) is 0 Å². The molecular weight excluding hydrogens is 544 g/mol. The van der Waals surface area contributed by atoms with E-state index < -0.39 is 21.5 Å². The van der Waals surface area contributed by atoms with Gasteiger partial charge in [0.15, 0.2) is 0 Å². The van der Waals surface area contributed by atoms with Gasteiger partial charge in [-0.05, 0) is 89.8 Å². The van der Waals surface area contributed by atoms with Crippen LogP contribution in [0.3, 0.4) is 0 Å². The van der Waals surface area contributed by atoms with Gasteiger partial charge in [-0.2, -0.15) is 0 Å². The lowest BCUT2D eigenvalue weighted by atomic mass is 9.73. The maximum Gasteiger partial charge on any atom is 0.340 e. The van der Waals surface area contributed by atoms with Gasteiger partial charge in [0.1, 0.15) is 10.1 Å². The van der Waals surface area contributed by atoms with E-state index >= 15 is 0 Å². The van der Waals surface area contributed by atoms with Crippen LogP contribution in [0.1, 0.15) is 152 Å². The van der Waals surface area contributed by atoms with E-state index in [0.717, 1.165) is 73.3 Å². The molecule has 42 heavy (non-hydrogen) atoms. The Balaban J connectivity index is 1.45. The lowest BCUT2D eigenvalue weighted by Crippen LogP contribution is -2.24. The van der Waals surface area contributed by atoms with Crippen molar-refractivity contribution < 1.29 is 22.5 Å². The molecule has 6 heteroatoms. The molecule has 0 aliphatic heterocycles. The lowest BCUT2D eigenvalue weighted by molar-refractivity contribution is 0.0421. The number of ether oxygens (including phenoxy) is 1. The Kier molecular flexibility index (Phi) is 9.01. The molecule has 3 aliphatic rings. The Labute approximate surface area is 250 Å². The summed E-state index contributed by atoms with van der Waals surface area (Å²) in [6, 6.07) is 17.1. The highest BCUT2D eigenvalue weighted by Crippen LogP contribution is 2.45. The van der Waals surface area contributed by atoms with Crippen molar-refractivity contribution in [1.82, 2.24) is 0 Å². The third-order valence-electron chi connectivity index (χ3n) is 10.1. The second-order valence-electron chi connectivity index (χ2n) is 12.9. The van der Waals surface area contributed by atoms with Crippen molar-refractivity contribution >= 4 is 26.9 Å². The molecule has 0 heterocycles. The Morgan fingerprint density at radius 3 is 1.69 bits per heavy atom. The number of fused-ring (bicyclic) bond motifs is 1. The van der Waals surface area contributed by atoms with Crippen molar-refractivity contribution in [3.8, 4) is 0 Å². The van der Waals surface area contributed by atoms with E-state index in [4.69, 9.17) is 4.74 Å². The molecule has 3 aliphatic carbocycles. The number of carbonyl (C=O) groups is 1. The molecule has 0 saturated heterocycles. The van der Waals surface area contributed by atoms with E-state index in [2.05, 4.69) is 12.1 Å². The minimum atomic E-state index is -4.98. The monoisotopic (exact) mass is 587 g/mol. The van der Waals surface area contributed by atoms with Crippen LogP contribution >= 0.6 is 0 Å². The van der Waals surface area contributed by atoms with Gasteiger partial charge in [0.25, 0.3) is 0 Å². The highest BCUT2D eigenvalue weighted by Gasteiger charge is 2.33. The van der Waals surface area contributed by atoms with E-state index in [9.17, 15) is 17.8 Å². The van der Waals surface area contributed by atoms with E-state index in [1.54, 1.807) is 18.2 Å². The predicted molar refractivity (Wildman–Crippen MR) is 166 cm³/mol. The first-order valence-electron chi connectivity index (χ1n) is 16.2. The van der Waals surface area contributed by atoms with Gasteiger partial charge < -0.3 is 9.29 Å². The van der Waals surface area contributed by atoms with Crippen LogP contribution in [0.15, 0.2) is 54.6 Å². The van der Waals surface area contributed by atoms with Gasteiger partial charge in [-0.3, -0.25) is 0 Å². The van der Waals surface area contributed by atoms with Gasteiger partial charge in [0, 0.05) is 5.56 Å². The first-order chi connectivity index (χ1) is 20.4. The fraction of sp³-hybridized carbons (Fsp3) is 0.528. The Morgan fingerprint density at radius 1 is 0.667 bits per heavy atom. The molecule has 1 atom stereocenters. The summed E-state index contributed by atoms with van der Waals surface area (Å²) in [4.78, 5) is 14.3. The molecule has 0 N–H and O–H groups in total. The van der Waals surface area contributed by atoms with Crippen LogP contribution in [-0.2, 0) is 14.9 Å². The fourth-order valence-corrected chi connectivity index (χ4v) is 8.58. The van der Waals surface area contributed by atoms with Crippen molar-refractivity contribution in [3.63, 3.8) is 0 Å². The van der Waals surface area contributed by atoms with Crippen molar-refractivity contribution in [2.24, 2.45) is 0 Å². The molecule has 0 amide bonds. The molecular formula is C36H43O5S-. The molecule has 3 aromatic carbocycles. The van der Waals surface area contributed by atoms with Gasteiger partial charge >= 0.3 is 5.97 Å². The predicted octanol–water partition coefficient (Wildman–Crippen LogP) is 9.38. The van der Waals surface area contributed by atoms with Crippen LogP contribution in [0.4, 0.5) is 0 Å². The van der Waals surface area contributed by atoms with E-state index in [0.29, 0.717) is 11.5 Å². The zero-order valence-corrected chi connectivity index (χ0v) is 25.4. The molecule has 224 valence electrons. The summed E-state index contributed by atoms with van der Waals surface area (Å²) < 4.78 is 43.8. The molecule has 1 unspecified atom stereocenters. The van der Waals surface area contributed by atoms with Gasteiger partial charge in [-0.15, -0.1) is 0 Å². The normalized spacial score (nSPS) is 20.4. The molecule has 3 aromatic rings. The summed E-state index contributed by atoms with van der Waals surface area (Å²) in [5.41, 5.74) is 2.24. The van der Waals surface area contributed by atoms with E-state index in [1.807, 2.05) is 24.3 Å². The largest absolute Gasteiger partial charge is 0.745 e. The number of hydrogen-bond donors (Lipinski definition) is 0. The second-order valence-corrected chi connectivity index (χ2v) is 14.3. The minimum absolute atomic E-state index is 0.189. The number of rotatable bonds is 7. The first kappa shape index (κ1) is 29.4. The van der Waals surface area contributed by atoms with Crippen LogP contribution in [0, 0.1) is 0 Å². The molecule has 3 fully saturated rings. The van der Waals surface area contributed by atoms with Gasteiger partial charge in [-0.25, -0.2) is 13.2 Å². The summed E-state index contributed by atoms with van der Waals surface area (Å²) in [5, 5.41) is 1.72. The summed E-state index contributed by atoms with van der Waals surface area (Å²) in [6.07, 6.45) is 17.1. The van der Waals surface area contributed by atoms with Crippen LogP contribution in [0.25, 0.3) is 10.8 Å². The SMILES string of the molecule is O=C(OC(c1ccc2ccccc2c1)S(=O)(=O)[O-])c1c(C2CCCCC2)cc(C2CCCCC2)cc1C1CCCCC1. The van der Waals surface area contributed by atoms with Gasteiger partial charge in [-0.1, -0.05) is 106 Å². The van der Waals surface area contributed by atoms with Crippen molar-refractivity contribution in [3.05, 3.63) is 82.4 Å². The zero-order valence-electron chi connectivity index (χ0n) is 24.6. The van der Waals surface area contributed by atoms with Crippen LogP contribution in [0.2, 0.25) is 0 Å². The highest BCUT2D eigenvalue weighted by atomic mass is 32.2. The molecule has 0 radical (unpaired) electrons. The summed E-state index contributed by atoms with van der Waals surface area (Å²) in [6.45, 7) is 0. The lowest BCUT2D eigenvalue weighted by Gasteiger charge is -2.32. The maximum absolute atomic E-state index is 14.3. The van der Waals surface area contributed by atoms with E-state index in [-0.39, 0.29) is 17.4 Å². The van der Waals surface area contributed by atoms with E-state index in [1.165, 1.54) is 50.5 Å². The summed E-state index contributed by atoms with van der Waals surface area (Å²) in [5.74, 6) is 0.329. The average Bonchev–Trinajstić information content (AvgIpc) is 3.03. The Morgan fingerprint density at radius 2 is 1.17 bits per heavy atom. The number of benzene rings is 3. The molecule has 0 bridgehead atoms. The quantitative estimate of drug-likeness (QED) is 0.203. The van der Waals surface area contributed by atoms with Gasteiger partial charge in [0.2, 0.25) is 5.44 Å². The molecule has 0 spiro atoms. The molecule has 0 aromatic heterocycles. The Bertz CT molecular complexity index is 1470. The smallest absolute Gasteiger partial charge is 0.340 e. The average molecular weight is 588 g/mol. The van der Waals surface area contributed by atoms with Crippen molar-refractivity contribution in [2.75, 3.05) is 0 Å². The fourth-order valence-electron chi connectivity index (χ4n) is 7.89. The minimum Gasteiger partial charge on any atom is -0.745 e. The summed E-state index contributed by atoms with van der Waals surface area (Å²) in [7, 11) is -4.98.